The van der Waals surface area contributed by atoms with E-state index in [9.17, 15) is 4.79 Å². The maximum atomic E-state index is 12.2. The molecule has 0 atom stereocenters. The van der Waals surface area contributed by atoms with Crippen LogP contribution in [-0.4, -0.2) is 19.5 Å². The van der Waals surface area contributed by atoms with Crippen LogP contribution in [0.2, 0.25) is 0 Å². The van der Waals surface area contributed by atoms with Crippen molar-refractivity contribution < 1.29 is 0 Å². The number of nitrogens with zero attached hydrogens (tertiary/aromatic N) is 3. The molecule has 2 aromatic heterocycles. The number of nitrogens with one attached hydrogen (secondary N) is 1. The molecule has 26 heavy (non-hydrogen) atoms. The largest absolute Gasteiger partial charge is 0.319 e. The standard InChI is InChI=1S/C20H20N4OS/c1-13(2)11-24-17-10-6-5-9-16(17)22-20(24)26-12-18-21-15-8-4-3-7-14(15)19(25)23-18/h3-10,13H,11-12H2,1-2H3,(H,21,23,25). The zero-order chi connectivity index (χ0) is 18.1. The summed E-state index contributed by atoms with van der Waals surface area (Å²) in [4.78, 5) is 24.5. The van der Waals surface area contributed by atoms with Crippen molar-refractivity contribution >= 4 is 33.7 Å². The average Bonchev–Trinajstić information content (AvgIpc) is 2.97. The van der Waals surface area contributed by atoms with Crippen LogP contribution in [0, 0.1) is 5.92 Å². The van der Waals surface area contributed by atoms with Gasteiger partial charge in [-0.05, 0) is 30.2 Å². The minimum atomic E-state index is -0.0955. The second-order valence-electron chi connectivity index (χ2n) is 6.71. The highest BCUT2D eigenvalue weighted by Gasteiger charge is 2.13. The molecule has 0 aliphatic rings. The lowest BCUT2D eigenvalue weighted by Crippen LogP contribution is -2.11. The molecule has 2 aromatic carbocycles. The van der Waals surface area contributed by atoms with Crippen molar-refractivity contribution in [2.24, 2.45) is 5.92 Å². The molecule has 4 aromatic rings. The van der Waals surface area contributed by atoms with Gasteiger partial charge in [0.15, 0.2) is 5.16 Å². The second-order valence-corrected chi connectivity index (χ2v) is 7.65. The molecule has 0 saturated heterocycles. The van der Waals surface area contributed by atoms with E-state index in [1.807, 2.05) is 36.4 Å². The number of para-hydroxylation sites is 3. The molecular weight excluding hydrogens is 344 g/mol. The van der Waals surface area contributed by atoms with E-state index in [-0.39, 0.29) is 5.56 Å². The molecule has 5 nitrogen and oxygen atoms in total. The lowest BCUT2D eigenvalue weighted by Gasteiger charge is -2.11. The van der Waals surface area contributed by atoms with Crippen molar-refractivity contribution in [3.05, 3.63) is 64.7 Å². The summed E-state index contributed by atoms with van der Waals surface area (Å²) in [6, 6.07) is 15.6. The first-order valence-electron chi connectivity index (χ1n) is 8.68. The van der Waals surface area contributed by atoms with Crippen LogP contribution < -0.4 is 5.56 Å². The summed E-state index contributed by atoms with van der Waals surface area (Å²) in [7, 11) is 0. The van der Waals surface area contributed by atoms with Crippen LogP contribution in [0.25, 0.3) is 21.9 Å². The monoisotopic (exact) mass is 364 g/mol. The van der Waals surface area contributed by atoms with E-state index >= 15 is 0 Å². The maximum Gasteiger partial charge on any atom is 0.258 e. The van der Waals surface area contributed by atoms with Crippen molar-refractivity contribution in [3.8, 4) is 0 Å². The molecule has 132 valence electrons. The first-order chi connectivity index (χ1) is 12.6. The highest BCUT2D eigenvalue weighted by molar-refractivity contribution is 7.98. The Morgan fingerprint density at radius 1 is 1.04 bits per heavy atom. The SMILES string of the molecule is CC(C)Cn1c(SCc2nc3ccccc3c(=O)[nH]2)nc2ccccc21. The van der Waals surface area contributed by atoms with Crippen LogP contribution in [0.15, 0.2) is 58.5 Å². The third-order valence-electron chi connectivity index (χ3n) is 4.17. The number of H-pyrrole nitrogens is 1. The Morgan fingerprint density at radius 3 is 2.58 bits per heavy atom. The molecule has 2 heterocycles. The van der Waals surface area contributed by atoms with Crippen molar-refractivity contribution in [2.75, 3.05) is 0 Å². The van der Waals surface area contributed by atoms with Crippen molar-refractivity contribution in [2.45, 2.75) is 31.3 Å². The molecule has 0 aliphatic carbocycles. The Hall–Kier alpha value is -2.60. The summed E-state index contributed by atoms with van der Waals surface area (Å²) in [6.45, 7) is 5.31. The minimum Gasteiger partial charge on any atom is -0.319 e. The number of hydrogen-bond acceptors (Lipinski definition) is 4. The van der Waals surface area contributed by atoms with Gasteiger partial charge in [-0.25, -0.2) is 9.97 Å². The van der Waals surface area contributed by atoms with Gasteiger partial charge in [0.05, 0.1) is 27.7 Å². The lowest BCUT2D eigenvalue weighted by molar-refractivity contribution is 0.505. The Labute approximate surface area is 155 Å². The van der Waals surface area contributed by atoms with Gasteiger partial charge in [-0.3, -0.25) is 4.79 Å². The molecule has 0 radical (unpaired) electrons. The summed E-state index contributed by atoms with van der Waals surface area (Å²) in [6.07, 6.45) is 0. The van der Waals surface area contributed by atoms with Gasteiger partial charge in [0, 0.05) is 6.54 Å². The second kappa shape index (κ2) is 6.96. The number of rotatable bonds is 5. The fraction of sp³-hybridized carbons (Fsp3) is 0.250. The quantitative estimate of drug-likeness (QED) is 0.539. The average molecular weight is 364 g/mol. The van der Waals surface area contributed by atoms with E-state index in [1.165, 1.54) is 0 Å². The molecule has 0 fully saturated rings. The summed E-state index contributed by atoms with van der Waals surface area (Å²) >= 11 is 1.60. The van der Waals surface area contributed by atoms with Crippen LogP contribution in [0.4, 0.5) is 0 Å². The summed E-state index contributed by atoms with van der Waals surface area (Å²) in [5.74, 6) is 1.76. The Morgan fingerprint density at radius 2 is 1.77 bits per heavy atom. The smallest absolute Gasteiger partial charge is 0.258 e. The highest BCUT2D eigenvalue weighted by Crippen LogP contribution is 2.27. The van der Waals surface area contributed by atoms with Gasteiger partial charge in [0.25, 0.3) is 5.56 Å². The summed E-state index contributed by atoms with van der Waals surface area (Å²) in [5, 5.41) is 1.57. The van der Waals surface area contributed by atoms with Gasteiger partial charge >= 0.3 is 0 Å². The molecular formula is C20H20N4OS. The highest BCUT2D eigenvalue weighted by atomic mass is 32.2. The zero-order valence-electron chi connectivity index (χ0n) is 14.8. The van der Waals surface area contributed by atoms with Crippen molar-refractivity contribution in [3.63, 3.8) is 0 Å². The van der Waals surface area contributed by atoms with Gasteiger partial charge in [0.1, 0.15) is 5.82 Å². The Kier molecular flexibility index (Phi) is 4.51. The number of hydrogen-bond donors (Lipinski definition) is 1. The maximum absolute atomic E-state index is 12.2. The number of fused-ring (bicyclic) bond motifs is 2. The first kappa shape index (κ1) is 16.8. The molecule has 0 aliphatic heterocycles. The topological polar surface area (TPSA) is 63.6 Å². The van der Waals surface area contributed by atoms with Crippen LogP contribution in [0.3, 0.4) is 0 Å². The van der Waals surface area contributed by atoms with E-state index in [1.54, 1.807) is 17.8 Å². The third kappa shape index (κ3) is 3.24. The minimum absolute atomic E-state index is 0.0955. The number of aromatic nitrogens is 4. The van der Waals surface area contributed by atoms with Crippen LogP contribution in [-0.2, 0) is 12.3 Å². The van der Waals surface area contributed by atoms with Crippen LogP contribution in [0.5, 0.6) is 0 Å². The molecule has 0 amide bonds. The van der Waals surface area contributed by atoms with Crippen molar-refractivity contribution in [1.29, 1.82) is 0 Å². The van der Waals surface area contributed by atoms with Crippen LogP contribution in [0.1, 0.15) is 19.7 Å². The molecule has 6 heteroatoms. The molecule has 0 bridgehead atoms. The lowest BCUT2D eigenvalue weighted by atomic mass is 10.2. The number of imidazole rings is 1. The third-order valence-corrected chi connectivity index (χ3v) is 5.15. The Balaban J connectivity index is 1.66. The summed E-state index contributed by atoms with van der Waals surface area (Å²) in [5.41, 5.74) is 2.77. The first-order valence-corrected chi connectivity index (χ1v) is 9.66. The number of aromatic amines is 1. The Bertz CT molecular complexity index is 1130. The number of benzene rings is 2. The summed E-state index contributed by atoms with van der Waals surface area (Å²) < 4.78 is 2.25. The molecule has 0 saturated carbocycles. The predicted molar refractivity (Wildman–Crippen MR) is 106 cm³/mol. The van der Waals surface area contributed by atoms with E-state index < -0.39 is 0 Å². The number of thioether (sulfide) groups is 1. The molecule has 0 unspecified atom stereocenters. The molecule has 0 spiro atoms. The van der Waals surface area contributed by atoms with Crippen LogP contribution >= 0.6 is 11.8 Å². The van der Waals surface area contributed by atoms with Gasteiger partial charge in [0.2, 0.25) is 0 Å². The van der Waals surface area contributed by atoms with Crippen molar-refractivity contribution in [1.82, 2.24) is 19.5 Å². The predicted octanol–water partition coefficient (Wildman–Crippen LogP) is 4.22. The van der Waals surface area contributed by atoms with Gasteiger partial charge in [-0.2, -0.15) is 0 Å². The van der Waals surface area contributed by atoms with Gasteiger partial charge in [-0.15, -0.1) is 0 Å². The zero-order valence-corrected chi connectivity index (χ0v) is 15.6. The fourth-order valence-corrected chi connectivity index (χ4v) is 3.94. The van der Waals surface area contributed by atoms with E-state index in [4.69, 9.17) is 4.98 Å². The molecule has 1 N–H and O–H groups in total. The molecule has 4 rings (SSSR count). The van der Waals surface area contributed by atoms with Gasteiger partial charge in [-0.1, -0.05) is 49.9 Å². The fourth-order valence-electron chi connectivity index (χ4n) is 3.04. The van der Waals surface area contributed by atoms with Gasteiger partial charge < -0.3 is 9.55 Å². The van der Waals surface area contributed by atoms with E-state index in [0.717, 1.165) is 28.3 Å². The van der Waals surface area contributed by atoms with E-state index in [0.29, 0.717) is 22.9 Å². The normalized spacial score (nSPS) is 11.7. The van der Waals surface area contributed by atoms with E-state index in [2.05, 4.69) is 34.4 Å².